The smallest absolute Gasteiger partial charge is 0.238 e. The molecule has 4 nitrogen and oxygen atoms in total. The zero-order valence-electron chi connectivity index (χ0n) is 12.2. The molecule has 0 atom stereocenters. The van der Waals surface area contributed by atoms with Gasteiger partial charge in [0.15, 0.2) is 0 Å². The van der Waals surface area contributed by atoms with Gasteiger partial charge >= 0.3 is 0 Å². The number of carbonyl (C=O) groups excluding carboxylic acids is 1. The summed E-state index contributed by atoms with van der Waals surface area (Å²) in [6.45, 7) is 8.57. The summed E-state index contributed by atoms with van der Waals surface area (Å²) in [5.41, 5.74) is 8.24. The Morgan fingerprint density at radius 2 is 1.89 bits per heavy atom. The quantitative estimate of drug-likeness (QED) is 0.743. The number of carbonyl (C=O) groups is 1. The molecule has 0 fully saturated rings. The monoisotopic (exact) mass is 263 g/mol. The first-order chi connectivity index (χ1) is 9.06. The highest BCUT2D eigenvalue weighted by Gasteiger charge is 2.10. The molecule has 1 aromatic carbocycles. The van der Waals surface area contributed by atoms with E-state index in [4.69, 9.17) is 5.73 Å². The second kappa shape index (κ2) is 7.79. The summed E-state index contributed by atoms with van der Waals surface area (Å²) in [5.74, 6) is 0.0237. The molecule has 106 valence electrons. The van der Waals surface area contributed by atoms with E-state index in [1.807, 2.05) is 19.1 Å². The molecule has 0 aliphatic carbocycles. The Labute approximate surface area is 116 Å². The Kier molecular flexibility index (Phi) is 6.36. The maximum absolute atomic E-state index is 12.0. The van der Waals surface area contributed by atoms with Crippen molar-refractivity contribution < 1.29 is 4.79 Å². The minimum atomic E-state index is 0.0237. The fraction of sp³-hybridized carbons (Fsp3) is 0.533. The molecule has 0 spiro atoms. The number of hydrogen-bond donors (Lipinski definition) is 2. The molecule has 0 saturated heterocycles. The highest BCUT2D eigenvalue weighted by Crippen LogP contribution is 2.17. The zero-order chi connectivity index (χ0) is 14.3. The largest absolute Gasteiger partial charge is 0.399 e. The van der Waals surface area contributed by atoms with Crippen LogP contribution in [0.3, 0.4) is 0 Å². The predicted molar refractivity (Wildman–Crippen MR) is 81.2 cm³/mol. The second-order valence-electron chi connectivity index (χ2n) is 4.90. The third-order valence-electron chi connectivity index (χ3n) is 2.98. The van der Waals surface area contributed by atoms with E-state index < -0.39 is 0 Å². The number of rotatable bonds is 7. The van der Waals surface area contributed by atoms with Crippen molar-refractivity contribution in [2.45, 2.75) is 33.6 Å². The number of nitrogen functional groups attached to an aromatic ring is 1. The summed E-state index contributed by atoms with van der Waals surface area (Å²) >= 11 is 0. The van der Waals surface area contributed by atoms with E-state index in [0.29, 0.717) is 12.2 Å². The highest BCUT2D eigenvalue weighted by molar-refractivity contribution is 5.93. The maximum atomic E-state index is 12.0. The fourth-order valence-corrected chi connectivity index (χ4v) is 2.07. The third kappa shape index (κ3) is 5.30. The minimum Gasteiger partial charge on any atom is -0.399 e. The van der Waals surface area contributed by atoms with Gasteiger partial charge in [0.05, 0.1) is 6.54 Å². The van der Waals surface area contributed by atoms with Gasteiger partial charge in [0.1, 0.15) is 0 Å². The standard InChI is InChI=1S/C15H25N3O/c1-4-8-18(9-5-2)11-15(19)17-14-10-13(16)7-6-12(14)3/h6-7,10H,4-5,8-9,11,16H2,1-3H3,(H,17,19). The minimum absolute atomic E-state index is 0.0237. The van der Waals surface area contributed by atoms with E-state index in [0.717, 1.165) is 37.2 Å². The SMILES string of the molecule is CCCN(CCC)CC(=O)Nc1cc(N)ccc1C. The van der Waals surface area contributed by atoms with Gasteiger partial charge in [-0.05, 0) is 50.6 Å². The lowest BCUT2D eigenvalue weighted by molar-refractivity contribution is -0.117. The van der Waals surface area contributed by atoms with Crippen LogP contribution in [0.5, 0.6) is 0 Å². The molecule has 0 unspecified atom stereocenters. The molecule has 0 bridgehead atoms. The Bertz CT molecular complexity index is 412. The number of nitrogens with one attached hydrogen (secondary N) is 1. The van der Waals surface area contributed by atoms with E-state index in [2.05, 4.69) is 24.1 Å². The van der Waals surface area contributed by atoms with Crippen molar-refractivity contribution in [3.63, 3.8) is 0 Å². The van der Waals surface area contributed by atoms with Crippen LogP contribution in [-0.2, 0) is 4.79 Å². The van der Waals surface area contributed by atoms with Crippen molar-refractivity contribution in [1.82, 2.24) is 4.90 Å². The number of aryl methyl sites for hydroxylation is 1. The number of hydrogen-bond acceptors (Lipinski definition) is 3. The normalized spacial score (nSPS) is 10.7. The number of nitrogens with zero attached hydrogens (tertiary/aromatic N) is 1. The molecule has 0 aliphatic heterocycles. The summed E-state index contributed by atoms with van der Waals surface area (Å²) in [6, 6.07) is 5.56. The average Bonchev–Trinajstić information content (AvgIpc) is 2.34. The van der Waals surface area contributed by atoms with Gasteiger partial charge in [-0.15, -0.1) is 0 Å². The lowest BCUT2D eigenvalue weighted by Gasteiger charge is -2.20. The molecular weight excluding hydrogens is 238 g/mol. The van der Waals surface area contributed by atoms with Crippen LogP contribution in [0.25, 0.3) is 0 Å². The maximum Gasteiger partial charge on any atom is 0.238 e. The second-order valence-corrected chi connectivity index (χ2v) is 4.90. The first-order valence-corrected chi connectivity index (χ1v) is 6.95. The Morgan fingerprint density at radius 3 is 2.47 bits per heavy atom. The van der Waals surface area contributed by atoms with Crippen LogP contribution < -0.4 is 11.1 Å². The lowest BCUT2D eigenvalue weighted by Crippen LogP contribution is -2.34. The number of amides is 1. The molecule has 1 aromatic rings. The van der Waals surface area contributed by atoms with Crippen LogP contribution in [-0.4, -0.2) is 30.4 Å². The lowest BCUT2D eigenvalue weighted by atomic mass is 10.2. The van der Waals surface area contributed by atoms with E-state index >= 15 is 0 Å². The topological polar surface area (TPSA) is 58.4 Å². The fourth-order valence-electron chi connectivity index (χ4n) is 2.07. The molecule has 0 aromatic heterocycles. The van der Waals surface area contributed by atoms with Crippen molar-refractivity contribution in [2.75, 3.05) is 30.7 Å². The summed E-state index contributed by atoms with van der Waals surface area (Å²) in [4.78, 5) is 14.2. The van der Waals surface area contributed by atoms with Crippen LogP contribution >= 0.6 is 0 Å². The molecule has 3 N–H and O–H groups in total. The van der Waals surface area contributed by atoms with Crippen molar-refractivity contribution in [2.24, 2.45) is 0 Å². The van der Waals surface area contributed by atoms with Crippen LogP contribution in [0.1, 0.15) is 32.3 Å². The van der Waals surface area contributed by atoms with Crippen LogP contribution in [0.15, 0.2) is 18.2 Å². The highest BCUT2D eigenvalue weighted by atomic mass is 16.2. The van der Waals surface area contributed by atoms with Crippen LogP contribution in [0.2, 0.25) is 0 Å². The van der Waals surface area contributed by atoms with Gasteiger partial charge in [0.25, 0.3) is 0 Å². The summed E-state index contributed by atoms with van der Waals surface area (Å²) in [5, 5.41) is 2.94. The average molecular weight is 263 g/mol. The van der Waals surface area contributed by atoms with Crippen molar-refractivity contribution in [3.05, 3.63) is 23.8 Å². The molecule has 0 saturated carbocycles. The predicted octanol–water partition coefficient (Wildman–Crippen LogP) is 2.64. The Morgan fingerprint density at radius 1 is 1.26 bits per heavy atom. The van der Waals surface area contributed by atoms with Gasteiger partial charge in [-0.3, -0.25) is 9.69 Å². The summed E-state index contributed by atoms with van der Waals surface area (Å²) in [6.07, 6.45) is 2.12. The molecule has 0 aliphatic rings. The molecule has 4 heteroatoms. The first kappa shape index (κ1) is 15.5. The molecule has 0 heterocycles. The van der Waals surface area contributed by atoms with Gasteiger partial charge in [-0.25, -0.2) is 0 Å². The molecule has 1 amide bonds. The van der Waals surface area contributed by atoms with Crippen LogP contribution in [0, 0.1) is 6.92 Å². The summed E-state index contributed by atoms with van der Waals surface area (Å²) < 4.78 is 0. The van der Waals surface area contributed by atoms with Crippen molar-refractivity contribution in [3.8, 4) is 0 Å². The third-order valence-corrected chi connectivity index (χ3v) is 2.98. The van der Waals surface area contributed by atoms with E-state index in [1.165, 1.54) is 0 Å². The summed E-state index contributed by atoms with van der Waals surface area (Å²) in [7, 11) is 0. The molecule has 0 radical (unpaired) electrons. The van der Waals surface area contributed by atoms with Gasteiger partial charge in [-0.1, -0.05) is 19.9 Å². The molecular formula is C15H25N3O. The first-order valence-electron chi connectivity index (χ1n) is 6.95. The number of benzene rings is 1. The van der Waals surface area contributed by atoms with E-state index in [9.17, 15) is 4.79 Å². The molecule has 1 rings (SSSR count). The van der Waals surface area contributed by atoms with Gasteiger partial charge in [-0.2, -0.15) is 0 Å². The molecule has 19 heavy (non-hydrogen) atoms. The Hall–Kier alpha value is -1.55. The van der Waals surface area contributed by atoms with Crippen molar-refractivity contribution in [1.29, 1.82) is 0 Å². The zero-order valence-corrected chi connectivity index (χ0v) is 12.2. The van der Waals surface area contributed by atoms with Gasteiger partial charge < -0.3 is 11.1 Å². The van der Waals surface area contributed by atoms with Crippen molar-refractivity contribution >= 4 is 17.3 Å². The van der Waals surface area contributed by atoms with E-state index in [-0.39, 0.29) is 5.91 Å². The number of anilines is 2. The number of nitrogens with two attached hydrogens (primary N) is 1. The Balaban J connectivity index is 2.60. The van der Waals surface area contributed by atoms with Crippen LogP contribution in [0.4, 0.5) is 11.4 Å². The van der Waals surface area contributed by atoms with Gasteiger partial charge in [0, 0.05) is 11.4 Å². The van der Waals surface area contributed by atoms with E-state index in [1.54, 1.807) is 6.07 Å². The van der Waals surface area contributed by atoms with Gasteiger partial charge in [0.2, 0.25) is 5.91 Å².